The van der Waals surface area contributed by atoms with Crippen LogP contribution in [-0.4, -0.2) is 43.5 Å². The van der Waals surface area contributed by atoms with Crippen molar-refractivity contribution in [3.63, 3.8) is 0 Å². The highest BCUT2D eigenvalue weighted by atomic mass is 16.6. The number of aryl methyl sites for hydroxylation is 2. The molecule has 0 aliphatic rings. The van der Waals surface area contributed by atoms with Crippen molar-refractivity contribution >= 4 is 16.6 Å². The van der Waals surface area contributed by atoms with Crippen molar-refractivity contribution in [2.24, 2.45) is 0 Å². The summed E-state index contributed by atoms with van der Waals surface area (Å²) in [5.74, 6) is 3.02. The second kappa shape index (κ2) is 14.5. The van der Waals surface area contributed by atoms with Crippen LogP contribution in [0.3, 0.4) is 0 Å². The van der Waals surface area contributed by atoms with Crippen LogP contribution in [0, 0.1) is 10.1 Å². The van der Waals surface area contributed by atoms with Crippen LogP contribution in [0.5, 0.6) is 28.7 Å². The number of methoxy groups -OCH3 is 4. The molecule has 0 bridgehead atoms. The van der Waals surface area contributed by atoms with E-state index >= 15 is 0 Å². The maximum absolute atomic E-state index is 12.9. The Bertz CT molecular complexity index is 2160. The smallest absolute Gasteiger partial charge is 0.318 e. The second-order valence-electron chi connectivity index (χ2n) is 13.1. The first kappa shape index (κ1) is 34.9. The molecule has 9 heteroatoms. The van der Waals surface area contributed by atoms with Gasteiger partial charge in [0.2, 0.25) is 0 Å². The molecule has 1 aromatic heterocycles. The van der Waals surface area contributed by atoms with Crippen molar-refractivity contribution in [3.05, 3.63) is 119 Å². The van der Waals surface area contributed by atoms with Gasteiger partial charge in [-0.15, -0.1) is 0 Å². The molecule has 0 amide bonds. The van der Waals surface area contributed by atoms with Crippen LogP contribution in [0.4, 0.5) is 5.69 Å². The first-order valence-electron chi connectivity index (χ1n) is 16.7. The molecule has 0 fully saturated rings. The molecule has 6 aromatic rings. The van der Waals surface area contributed by atoms with Gasteiger partial charge in [0, 0.05) is 34.8 Å². The second-order valence-corrected chi connectivity index (χ2v) is 13.1. The van der Waals surface area contributed by atoms with Crippen LogP contribution in [0.2, 0.25) is 0 Å². The van der Waals surface area contributed by atoms with Crippen molar-refractivity contribution in [2.75, 3.05) is 28.4 Å². The Morgan fingerprint density at radius 3 is 1.76 bits per heavy atom. The zero-order chi connectivity index (χ0) is 36.3. The number of fused-ring (bicyclic) bond motifs is 1. The van der Waals surface area contributed by atoms with Gasteiger partial charge in [0.05, 0.1) is 44.4 Å². The van der Waals surface area contributed by atoms with Crippen LogP contribution in [0.15, 0.2) is 103 Å². The zero-order valence-electron chi connectivity index (χ0n) is 30.0. The summed E-state index contributed by atoms with van der Waals surface area (Å²) in [7, 11) is 6.55. The Balaban J connectivity index is 1.71. The molecule has 0 unspecified atom stereocenters. The van der Waals surface area contributed by atoms with E-state index in [-0.39, 0.29) is 16.4 Å². The maximum Gasteiger partial charge on any atom is 0.318 e. The number of nitrogens with zero attached hydrogens (tertiary/aromatic N) is 2. The van der Waals surface area contributed by atoms with Gasteiger partial charge >= 0.3 is 5.69 Å². The van der Waals surface area contributed by atoms with Gasteiger partial charge in [0.15, 0.2) is 5.75 Å². The number of benzene rings is 5. The fraction of sp³-hybridized carbons (Fsp3) is 0.238. The van der Waals surface area contributed by atoms with Crippen molar-refractivity contribution in [3.8, 4) is 62.1 Å². The predicted molar refractivity (Wildman–Crippen MR) is 202 cm³/mol. The summed E-state index contributed by atoms with van der Waals surface area (Å²) in [4.78, 5) is 12.6. The van der Waals surface area contributed by atoms with Gasteiger partial charge in [-0.25, -0.2) is 0 Å². The molecule has 0 atom stereocenters. The highest BCUT2D eigenvalue weighted by Gasteiger charge is 2.30. The SMILES string of the molecule is COc1ccc(CCn2cc(-c3ccc(OC)cc3)c3c(-c4cccc(OC(C)(C)C)c4[N+](=O)[O-])cc(OC)c(-c4ccc(OC)cc4)c32)cc1. The predicted octanol–water partition coefficient (Wildman–Crippen LogP) is 10.0. The van der Waals surface area contributed by atoms with Gasteiger partial charge in [-0.1, -0.05) is 42.5 Å². The monoisotopic (exact) mass is 686 g/mol. The normalized spacial score (nSPS) is 11.4. The fourth-order valence-corrected chi connectivity index (χ4v) is 6.45. The third kappa shape index (κ3) is 7.19. The van der Waals surface area contributed by atoms with E-state index in [0.29, 0.717) is 23.4 Å². The van der Waals surface area contributed by atoms with Crippen molar-refractivity contribution in [1.29, 1.82) is 0 Å². The minimum absolute atomic E-state index is 0.111. The summed E-state index contributed by atoms with van der Waals surface area (Å²) in [5, 5.41) is 13.8. The lowest BCUT2D eigenvalue weighted by atomic mass is 9.90. The topological polar surface area (TPSA) is 94.2 Å². The summed E-state index contributed by atoms with van der Waals surface area (Å²) < 4.78 is 30.9. The van der Waals surface area contributed by atoms with Gasteiger partial charge in [-0.2, -0.15) is 0 Å². The number of aromatic nitrogens is 1. The first-order valence-corrected chi connectivity index (χ1v) is 16.7. The third-order valence-electron chi connectivity index (χ3n) is 8.79. The summed E-state index contributed by atoms with van der Waals surface area (Å²) in [6.07, 6.45) is 2.85. The third-order valence-corrected chi connectivity index (χ3v) is 8.79. The summed E-state index contributed by atoms with van der Waals surface area (Å²) in [5.41, 5.74) is 5.94. The molecule has 5 aromatic carbocycles. The van der Waals surface area contributed by atoms with Crippen LogP contribution in [0.1, 0.15) is 26.3 Å². The summed E-state index contributed by atoms with van der Waals surface area (Å²) in [6, 6.07) is 30.9. The molecular formula is C42H42N2O7. The Kier molecular flexibility index (Phi) is 9.91. The minimum atomic E-state index is -0.659. The van der Waals surface area contributed by atoms with E-state index in [1.807, 2.05) is 87.5 Å². The van der Waals surface area contributed by atoms with E-state index in [4.69, 9.17) is 23.7 Å². The number of hydrogen-bond acceptors (Lipinski definition) is 7. The van der Waals surface area contributed by atoms with Crippen molar-refractivity contribution < 1.29 is 28.6 Å². The van der Waals surface area contributed by atoms with E-state index < -0.39 is 5.60 Å². The van der Waals surface area contributed by atoms with Gasteiger partial charge in [0.25, 0.3) is 0 Å². The summed E-state index contributed by atoms with van der Waals surface area (Å²) >= 11 is 0. The van der Waals surface area contributed by atoms with E-state index in [1.54, 1.807) is 46.6 Å². The fourth-order valence-electron chi connectivity index (χ4n) is 6.45. The van der Waals surface area contributed by atoms with Crippen LogP contribution in [-0.2, 0) is 13.0 Å². The molecule has 262 valence electrons. The molecule has 0 aliphatic heterocycles. The lowest BCUT2D eigenvalue weighted by molar-refractivity contribution is -0.385. The molecule has 0 spiro atoms. The standard InChI is InChI=1S/C42H42N2O7/c1-42(2,3)51-36-10-8-9-33(40(36)44(45)46)34-25-37(50-7)38(29-15-21-32(49-6)22-16-29)41-39(34)35(28-13-19-31(48-5)20-14-28)26-43(41)24-23-27-11-17-30(47-4)18-12-27/h8-22,25-26H,23-24H2,1-7H3. The molecule has 9 nitrogen and oxygen atoms in total. The molecule has 0 saturated heterocycles. The summed E-state index contributed by atoms with van der Waals surface area (Å²) in [6.45, 7) is 6.24. The Hall–Kier alpha value is -5.96. The van der Waals surface area contributed by atoms with Gasteiger partial charge in [-0.05, 0) is 98.5 Å². The molecule has 0 saturated carbocycles. The van der Waals surface area contributed by atoms with E-state index in [2.05, 4.69) is 22.9 Å². The van der Waals surface area contributed by atoms with E-state index in [1.165, 1.54) is 0 Å². The molecular weight excluding hydrogens is 644 g/mol. The number of hydrogen-bond donors (Lipinski definition) is 0. The largest absolute Gasteiger partial charge is 0.497 e. The number of rotatable bonds is 12. The molecule has 51 heavy (non-hydrogen) atoms. The van der Waals surface area contributed by atoms with Crippen molar-refractivity contribution in [1.82, 2.24) is 4.57 Å². The van der Waals surface area contributed by atoms with Gasteiger partial charge < -0.3 is 28.3 Å². The number of ether oxygens (including phenoxy) is 5. The number of para-hydroxylation sites is 1. The minimum Gasteiger partial charge on any atom is -0.497 e. The average Bonchev–Trinajstić information content (AvgIpc) is 3.52. The number of nitro groups is 1. The van der Waals surface area contributed by atoms with Crippen LogP contribution >= 0.6 is 0 Å². The Labute approximate surface area is 298 Å². The zero-order valence-corrected chi connectivity index (χ0v) is 30.0. The van der Waals surface area contributed by atoms with E-state index in [9.17, 15) is 10.1 Å². The molecule has 1 heterocycles. The maximum atomic E-state index is 12.9. The lowest BCUT2D eigenvalue weighted by Gasteiger charge is -2.22. The highest BCUT2D eigenvalue weighted by Crippen LogP contribution is 2.50. The molecule has 0 radical (unpaired) electrons. The highest BCUT2D eigenvalue weighted by molar-refractivity contribution is 6.14. The van der Waals surface area contributed by atoms with Crippen LogP contribution in [0.25, 0.3) is 44.3 Å². The molecule has 6 rings (SSSR count). The van der Waals surface area contributed by atoms with Gasteiger partial charge in [0.1, 0.15) is 28.6 Å². The Morgan fingerprint density at radius 2 is 1.24 bits per heavy atom. The van der Waals surface area contributed by atoms with E-state index in [0.717, 1.165) is 62.4 Å². The lowest BCUT2D eigenvalue weighted by Crippen LogP contribution is -2.23. The number of nitro benzene ring substituents is 1. The quantitative estimate of drug-likeness (QED) is 0.0934. The van der Waals surface area contributed by atoms with Crippen molar-refractivity contribution in [2.45, 2.75) is 39.3 Å². The van der Waals surface area contributed by atoms with Crippen LogP contribution < -0.4 is 23.7 Å². The Morgan fingerprint density at radius 1 is 0.667 bits per heavy atom. The average molecular weight is 687 g/mol. The molecule has 0 aliphatic carbocycles. The van der Waals surface area contributed by atoms with Gasteiger partial charge in [-0.3, -0.25) is 10.1 Å². The molecule has 0 N–H and O–H groups in total. The first-order chi connectivity index (χ1) is 24.5.